The standard InChI is InChI=1S/C40H66O15/c1-19-33(45)27(49-7)17-32(50-19)55-35-21(3)52-31(16-26(35)43)54-34-20(2)51-30(15-25(34)42)53-24-9-10-36(5)23(14-24)8-11-39(47)28(36)18-29(44)37(6)38(46,22(4)41)12-13-40(37,39)48/h8,19-22,24-35,41-48H,9-18H2,1-7H3/t19-,20+,21+,22-,24-,25-,26-,27+,28+,29+,30-,31-,32-,33-,34+,35+,36-,37+,38+,39-,40+/m0/s1. The number of ether oxygens (including phenoxy) is 7. The molecular weight excluding hydrogens is 720 g/mol. The van der Waals surface area contributed by atoms with Crippen molar-refractivity contribution in [3.05, 3.63) is 11.6 Å². The highest BCUT2D eigenvalue weighted by Gasteiger charge is 2.80. The SMILES string of the molecule is CO[C@@H]1C[C@H](O[C@H]2[C@@H](O)C[C@H](O[C@H]3[C@@H](O)C[C@H](O[C@H]4CC[C@@]5(C)C(=CC[C@]6(O)[C@@H]5C[C@@H](O)[C@@]5(C)[C@]6(O)CC[C@@]5(O)[C@H](C)O)C4)O[C@@H]3C)O[C@@H]2C)O[C@@H](C)[C@@H]1O. The summed E-state index contributed by atoms with van der Waals surface area (Å²) in [6.07, 6.45) is -6.17. The van der Waals surface area contributed by atoms with Gasteiger partial charge in [0, 0.05) is 32.3 Å². The number of hydrogen-bond acceptors (Lipinski definition) is 15. The van der Waals surface area contributed by atoms with E-state index >= 15 is 0 Å². The molecule has 0 bridgehead atoms. The summed E-state index contributed by atoms with van der Waals surface area (Å²) in [5.41, 5.74) is -6.17. The minimum atomic E-state index is -1.82. The zero-order valence-corrected chi connectivity index (χ0v) is 33.3. The molecule has 3 saturated carbocycles. The molecule has 15 heteroatoms. The Morgan fingerprint density at radius 3 is 1.89 bits per heavy atom. The van der Waals surface area contributed by atoms with Gasteiger partial charge in [-0.05, 0) is 78.1 Å². The molecule has 0 amide bonds. The summed E-state index contributed by atoms with van der Waals surface area (Å²) < 4.78 is 42.3. The maximum absolute atomic E-state index is 12.5. The number of fused-ring (bicyclic) bond motifs is 5. The van der Waals surface area contributed by atoms with Crippen LogP contribution in [0.5, 0.6) is 0 Å². The lowest BCUT2D eigenvalue weighted by atomic mass is 9.42. The molecule has 0 aromatic heterocycles. The van der Waals surface area contributed by atoms with Crippen LogP contribution in [0.15, 0.2) is 11.6 Å². The second-order valence-electron chi connectivity index (χ2n) is 18.4. The van der Waals surface area contributed by atoms with Gasteiger partial charge in [-0.25, -0.2) is 0 Å². The number of aliphatic hydroxyl groups excluding tert-OH is 5. The van der Waals surface area contributed by atoms with Gasteiger partial charge in [0.2, 0.25) is 0 Å². The van der Waals surface area contributed by atoms with Crippen molar-refractivity contribution in [2.45, 2.75) is 215 Å². The van der Waals surface area contributed by atoms with Crippen LogP contribution in [0.25, 0.3) is 0 Å². The van der Waals surface area contributed by atoms with Crippen molar-refractivity contribution in [1.82, 2.24) is 0 Å². The van der Waals surface area contributed by atoms with Crippen LogP contribution >= 0.6 is 0 Å². The zero-order chi connectivity index (χ0) is 40.0. The summed E-state index contributed by atoms with van der Waals surface area (Å²) in [6.45, 7) is 10.5. The maximum atomic E-state index is 12.5. The lowest BCUT2D eigenvalue weighted by molar-refractivity contribution is -0.336. The van der Waals surface area contributed by atoms with Gasteiger partial charge in [-0.15, -0.1) is 0 Å². The fraction of sp³-hybridized carbons (Fsp3) is 0.950. The van der Waals surface area contributed by atoms with Gasteiger partial charge in [-0.1, -0.05) is 25.5 Å². The van der Waals surface area contributed by atoms with Crippen LogP contribution in [0.4, 0.5) is 0 Å². The molecule has 0 aromatic rings. The van der Waals surface area contributed by atoms with Gasteiger partial charge >= 0.3 is 0 Å². The van der Waals surface area contributed by atoms with Gasteiger partial charge in [0.05, 0.1) is 60.4 Å². The first-order valence-corrected chi connectivity index (χ1v) is 20.4. The van der Waals surface area contributed by atoms with Crippen molar-refractivity contribution in [3.8, 4) is 0 Å². The Morgan fingerprint density at radius 1 is 0.764 bits per heavy atom. The van der Waals surface area contributed by atoms with Crippen LogP contribution in [0, 0.1) is 16.7 Å². The predicted octanol–water partition coefficient (Wildman–Crippen LogP) is 0.920. The normalized spacial score (nSPS) is 56.2. The minimum Gasteiger partial charge on any atom is -0.392 e. The molecule has 0 radical (unpaired) electrons. The van der Waals surface area contributed by atoms with Crippen molar-refractivity contribution in [2.24, 2.45) is 16.7 Å². The first-order valence-electron chi connectivity index (χ1n) is 20.4. The van der Waals surface area contributed by atoms with Crippen molar-refractivity contribution < 1.29 is 74.0 Å². The van der Waals surface area contributed by atoms with Crippen molar-refractivity contribution >= 4 is 0 Å². The Labute approximate surface area is 323 Å². The van der Waals surface area contributed by atoms with Gasteiger partial charge in [-0.2, -0.15) is 0 Å². The Hall–Kier alpha value is -0.860. The molecule has 4 aliphatic carbocycles. The van der Waals surface area contributed by atoms with E-state index < -0.39 is 120 Å². The fourth-order valence-corrected chi connectivity index (χ4v) is 12.0. The number of rotatable bonds is 8. The third-order valence-electron chi connectivity index (χ3n) is 15.5. The molecule has 21 atom stereocenters. The smallest absolute Gasteiger partial charge is 0.161 e. The Kier molecular flexibility index (Phi) is 11.5. The highest BCUT2D eigenvalue weighted by molar-refractivity contribution is 5.36. The molecule has 15 nitrogen and oxygen atoms in total. The molecule has 0 spiro atoms. The quantitative estimate of drug-likeness (QED) is 0.160. The van der Waals surface area contributed by atoms with Crippen LogP contribution in [-0.2, 0) is 33.2 Å². The van der Waals surface area contributed by atoms with Crippen molar-refractivity contribution in [1.29, 1.82) is 0 Å². The molecular formula is C40H66O15. The van der Waals surface area contributed by atoms with E-state index in [0.717, 1.165) is 5.57 Å². The molecule has 316 valence electrons. The summed E-state index contributed by atoms with van der Waals surface area (Å²) >= 11 is 0. The number of methoxy groups -OCH3 is 1. The first kappa shape index (κ1) is 42.3. The van der Waals surface area contributed by atoms with E-state index in [4.69, 9.17) is 33.2 Å². The van der Waals surface area contributed by atoms with E-state index in [0.29, 0.717) is 25.7 Å². The Morgan fingerprint density at radius 2 is 1.33 bits per heavy atom. The van der Waals surface area contributed by atoms with E-state index in [1.165, 1.54) is 14.0 Å². The molecule has 3 heterocycles. The van der Waals surface area contributed by atoms with Gasteiger partial charge < -0.3 is 74.0 Å². The van der Waals surface area contributed by atoms with Gasteiger partial charge in [0.1, 0.15) is 35.1 Å². The third kappa shape index (κ3) is 6.60. The largest absolute Gasteiger partial charge is 0.392 e. The van der Waals surface area contributed by atoms with Crippen LogP contribution < -0.4 is 0 Å². The van der Waals surface area contributed by atoms with E-state index in [9.17, 15) is 40.9 Å². The maximum Gasteiger partial charge on any atom is 0.161 e. The highest BCUT2D eigenvalue weighted by Crippen LogP contribution is 2.70. The van der Waals surface area contributed by atoms with E-state index in [2.05, 4.69) is 6.92 Å². The zero-order valence-electron chi connectivity index (χ0n) is 33.3. The second-order valence-corrected chi connectivity index (χ2v) is 18.4. The molecule has 6 fully saturated rings. The molecule has 55 heavy (non-hydrogen) atoms. The average molecular weight is 787 g/mol. The van der Waals surface area contributed by atoms with E-state index in [1.54, 1.807) is 27.7 Å². The van der Waals surface area contributed by atoms with E-state index in [-0.39, 0.29) is 44.6 Å². The molecule has 0 unspecified atom stereocenters. The summed E-state index contributed by atoms with van der Waals surface area (Å²) in [4.78, 5) is 0. The lowest BCUT2D eigenvalue weighted by Gasteiger charge is -2.67. The molecule has 3 saturated heterocycles. The summed E-state index contributed by atoms with van der Waals surface area (Å²) in [5.74, 6) is -0.484. The topological polar surface area (TPSA) is 226 Å². The third-order valence-corrected chi connectivity index (χ3v) is 15.5. The molecule has 3 aliphatic heterocycles. The van der Waals surface area contributed by atoms with Gasteiger partial charge in [0.15, 0.2) is 18.9 Å². The lowest BCUT2D eigenvalue weighted by Crippen LogP contribution is -2.78. The van der Waals surface area contributed by atoms with Crippen molar-refractivity contribution in [2.75, 3.05) is 7.11 Å². The molecule has 7 aliphatic rings. The van der Waals surface area contributed by atoms with E-state index in [1.807, 2.05) is 6.08 Å². The molecule has 8 N–H and O–H groups in total. The van der Waals surface area contributed by atoms with Crippen LogP contribution in [-0.4, -0.2) is 157 Å². The molecule has 7 rings (SSSR count). The summed E-state index contributed by atoms with van der Waals surface area (Å²) in [5, 5.41) is 91.3. The van der Waals surface area contributed by atoms with Crippen LogP contribution in [0.1, 0.15) is 106 Å². The number of hydrogen-bond donors (Lipinski definition) is 8. The minimum absolute atomic E-state index is 0.0585. The first-order chi connectivity index (χ1) is 25.7. The monoisotopic (exact) mass is 786 g/mol. The summed E-state index contributed by atoms with van der Waals surface area (Å²) in [6, 6.07) is 0. The van der Waals surface area contributed by atoms with Crippen molar-refractivity contribution in [3.63, 3.8) is 0 Å². The Bertz CT molecular complexity index is 1390. The predicted molar refractivity (Wildman–Crippen MR) is 193 cm³/mol. The highest BCUT2D eigenvalue weighted by atomic mass is 16.7. The van der Waals surface area contributed by atoms with Crippen LogP contribution in [0.3, 0.4) is 0 Å². The number of aliphatic hydroxyl groups is 8. The fourth-order valence-electron chi connectivity index (χ4n) is 12.0. The molecule has 0 aromatic carbocycles. The van der Waals surface area contributed by atoms with Crippen LogP contribution in [0.2, 0.25) is 0 Å². The summed E-state index contributed by atoms with van der Waals surface area (Å²) in [7, 11) is 1.52. The van der Waals surface area contributed by atoms with Gasteiger partial charge in [0.25, 0.3) is 0 Å². The van der Waals surface area contributed by atoms with Gasteiger partial charge in [-0.3, -0.25) is 0 Å². The Balaban J connectivity index is 0.941. The average Bonchev–Trinajstić information content (AvgIpc) is 3.35. The second kappa shape index (κ2) is 15.0.